The van der Waals surface area contributed by atoms with E-state index in [4.69, 9.17) is 5.11 Å². The molecule has 0 aromatic carbocycles. The minimum Gasteiger partial charge on any atom is -0.481 e. The Morgan fingerprint density at radius 2 is 2.00 bits per heavy atom. The molecule has 1 rings (SSSR count). The fourth-order valence-electron chi connectivity index (χ4n) is 2.03. The van der Waals surface area contributed by atoms with Gasteiger partial charge in [0.2, 0.25) is 0 Å². The van der Waals surface area contributed by atoms with Gasteiger partial charge in [0, 0.05) is 13.0 Å². The van der Waals surface area contributed by atoms with E-state index in [0.717, 1.165) is 30.0 Å². The molecule has 1 heterocycles. The number of carboxylic acid groups (broad SMARTS) is 1. The van der Waals surface area contributed by atoms with E-state index in [2.05, 4.69) is 24.1 Å². The molecule has 0 aliphatic rings. The van der Waals surface area contributed by atoms with Crippen molar-refractivity contribution < 1.29 is 14.7 Å². The van der Waals surface area contributed by atoms with Gasteiger partial charge >= 0.3 is 5.97 Å². The second kappa shape index (κ2) is 8.77. The SMILES string of the molecule is Cc1nc(CC(C)C)c(C(=O)NCCCCCC(=O)O)s1. The van der Waals surface area contributed by atoms with Crippen LogP contribution in [0.4, 0.5) is 0 Å². The zero-order valence-electron chi connectivity index (χ0n) is 12.9. The Labute approximate surface area is 129 Å². The summed E-state index contributed by atoms with van der Waals surface area (Å²) in [5, 5.41) is 12.3. The summed E-state index contributed by atoms with van der Waals surface area (Å²) in [5.41, 5.74) is 0.885. The summed E-state index contributed by atoms with van der Waals surface area (Å²) in [6.45, 7) is 6.71. The van der Waals surface area contributed by atoms with Crippen molar-refractivity contribution in [2.75, 3.05) is 6.54 Å². The summed E-state index contributed by atoms with van der Waals surface area (Å²) in [5.74, 6) is -0.360. The summed E-state index contributed by atoms with van der Waals surface area (Å²) in [4.78, 5) is 27.7. The Morgan fingerprint density at radius 1 is 1.29 bits per heavy atom. The quantitative estimate of drug-likeness (QED) is 0.687. The average Bonchev–Trinajstić information content (AvgIpc) is 2.73. The van der Waals surface area contributed by atoms with Crippen molar-refractivity contribution in [2.45, 2.75) is 52.9 Å². The van der Waals surface area contributed by atoms with E-state index in [1.165, 1.54) is 11.3 Å². The Hall–Kier alpha value is -1.43. The molecule has 0 bridgehead atoms. The summed E-state index contributed by atoms with van der Waals surface area (Å²) in [6.07, 6.45) is 3.28. The molecule has 21 heavy (non-hydrogen) atoms. The summed E-state index contributed by atoms with van der Waals surface area (Å²) < 4.78 is 0. The number of carbonyl (C=O) groups is 2. The van der Waals surface area contributed by atoms with Gasteiger partial charge in [0.15, 0.2) is 0 Å². The summed E-state index contributed by atoms with van der Waals surface area (Å²) in [7, 11) is 0. The van der Waals surface area contributed by atoms with Crippen LogP contribution >= 0.6 is 11.3 Å². The van der Waals surface area contributed by atoms with Gasteiger partial charge in [-0.15, -0.1) is 11.3 Å². The molecule has 6 heteroatoms. The largest absolute Gasteiger partial charge is 0.481 e. The highest BCUT2D eigenvalue weighted by molar-refractivity contribution is 7.13. The van der Waals surface area contributed by atoms with E-state index in [0.29, 0.717) is 23.8 Å². The van der Waals surface area contributed by atoms with Crippen molar-refractivity contribution >= 4 is 23.2 Å². The van der Waals surface area contributed by atoms with Crippen LogP contribution < -0.4 is 5.32 Å². The molecule has 0 saturated heterocycles. The van der Waals surface area contributed by atoms with Gasteiger partial charge in [-0.05, 0) is 32.1 Å². The smallest absolute Gasteiger partial charge is 0.303 e. The van der Waals surface area contributed by atoms with Crippen molar-refractivity contribution in [3.05, 3.63) is 15.6 Å². The van der Waals surface area contributed by atoms with Gasteiger partial charge in [-0.2, -0.15) is 0 Å². The molecular weight excluding hydrogens is 288 g/mol. The number of amides is 1. The molecular formula is C15H24N2O3S. The van der Waals surface area contributed by atoms with Crippen molar-refractivity contribution in [1.82, 2.24) is 10.3 Å². The first-order valence-electron chi connectivity index (χ1n) is 7.36. The second-order valence-corrected chi connectivity index (χ2v) is 6.77. The molecule has 0 aliphatic carbocycles. The van der Waals surface area contributed by atoms with Crippen LogP contribution in [0.1, 0.15) is 59.9 Å². The minimum absolute atomic E-state index is 0.0607. The third-order valence-electron chi connectivity index (χ3n) is 2.97. The number of rotatable bonds is 9. The molecule has 1 aromatic heterocycles. The number of thiazole rings is 1. The standard InChI is InChI=1S/C15H24N2O3S/c1-10(2)9-12-14(21-11(3)17-12)15(20)16-8-6-4-5-7-13(18)19/h10H,4-9H2,1-3H3,(H,16,20)(H,18,19). The van der Waals surface area contributed by atoms with Gasteiger partial charge in [0.1, 0.15) is 4.88 Å². The monoisotopic (exact) mass is 312 g/mol. The Balaban J connectivity index is 2.39. The first kappa shape index (κ1) is 17.6. The fraction of sp³-hybridized carbons (Fsp3) is 0.667. The average molecular weight is 312 g/mol. The second-order valence-electron chi connectivity index (χ2n) is 5.57. The number of aliphatic carboxylic acids is 1. The van der Waals surface area contributed by atoms with Crippen LogP contribution in [0.2, 0.25) is 0 Å². The van der Waals surface area contributed by atoms with Crippen molar-refractivity contribution in [3.8, 4) is 0 Å². The van der Waals surface area contributed by atoms with E-state index in [1.54, 1.807) is 0 Å². The molecule has 0 saturated carbocycles. The maximum absolute atomic E-state index is 12.2. The number of aromatic nitrogens is 1. The lowest BCUT2D eigenvalue weighted by Crippen LogP contribution is -2.24. The molecule has 5 nitrogen and oxygen atoms in total. The van der Waals surface area contributed by atoms with Crippen molar-refractivity contribution in [2.24, 2.45) is 5.92 Å². The molecule has 0 aliphatic heterocycles. The first-order valence-corrected chi connectivity index (χ1v) is 8.18. The van der Waals surface area contributed by atoms with Gasteiger partial charge < -0.3 is 10.4 Å². The van der Waals surface area contributed by atoms with Crippen molar-refractivity contribution in [1.29, 1.82) is 0 Å². The molecule has 0 spiro atoms. The van der Waals surface area contributed by atoms with E-state index in [9.17, 15) is 9.59 Å². The third kappa shape index (κ3) is 6.71. The number of carbonyl (C=O) groups excluding carboxylic acids is 1. The van der Waals surface area contributed by atoms with Gasteiger partial charge in [-0.25, -0.2) is 4.98 Å². The van der Waals surface area contributed by atoms with E-state index >= 15 is 0 Å². The number of unbranched alkanes of at least 4 members (excludes halogenated alkanes) is 2. The number of carboxylic acids is 1. The molecule has 118 valence electrons. The van der Waals surface area contributed by atoms with Crippen LogP contribution in [0.25, 0.3) is 0 Å². The topological polar surface area (TPSA) is 79.3 Å². The number of nitrogens with one attached hydrogen (secondary N) is 1. The zero-order valence-corrected chi connectivity index (χ0v) is 13.8. The lowest BCUT2D eigenvalue weighted by Gasteiger charge is -2.06. The first-order chi connectivity index (χ1) is 9.90. The predicted octanol–water partition coefficient (Wildman–Crippen LogP) is 3.02. The van der Waals surface area contributed by atoms with Crippen LogP contribution in [0.15, 0.2) is 0 Å². The molecule has 0 radical (unpaired) electrons. The number of nitrogens with zero attached hydrogens (tertiary/aromatic N) is 1. The molecule has 1 aromatic rings. The minimum atomic E-state index is -0.766. The number of hydrogen-bond acceptors (Lipinski definition) is 4. The highest BCUT2D eigenvalue weighted by atomic mass is 32.1. The molecule has 0 atom stereocenters. The lowest BCUT2D eigenvalue weighted by molar-refractivity contribution is -0.137. The van der Waals surface area contributed by atoms with E-state index < -0.39 is 5.97 Å². The molecule has 2 N–H and O–H groups in total. The highest BCUT2D eigenvalue weighted by Gasteiger charge is 2.17. The lowest BCUT2D eigenvalue weighted by atomic mass is 10.1. The maximum Gasteiger partial charge on any atom is 0.303 e. The normalized spacial score (nSPS) is 10.9. The molecule has 0 fully saturated rings. The van der Waals surface area contributed by atoms with E-state index in [-0.39, 0.29) is 12.3 Å². The van der Waals surface area contributed by atoms with Crippen LogP contribution in [0, 0.1) is 12.8 Å². The van der Waals surface area contributed by atoms with Crippen LogP contribution in [0.3, 0.4) is 0 Å². The number of aryl methyl sites for hydroxylation is 1. The van der Waals surface area contributed by atoms with Gasteiger partial charge in [-0.1, -0.05) is 20.3 Å². The molecule has 1 amide bonds. The zero-order chi connectivity index (χ0) is 15.8. The Morgan fingerprint density at radius 3 is 2.62 bits per heavy atom. The predicted molar refractivity (Wildman–Crippen MR) is 83.8 cm³/mol. The number of hydrogen-bond donors (Lipinski definition) is 2. The third-order valence-corrected chi connectivity index (χ3v) is 3.98. The van der Waals surface area contributed by atoms with Gasteiger partial charge in [-0.3, -0.25) is 9.59 Å². The van der Waals surface area contributed by atoms with Gasteiger partial charge in [0.25, 0.3) is 5.91 Å². The van der Waals surface area contributed by atoms with E-state index in [1.807, 2.05) is 6.92 Å². The Bertz CT molecular complexity index is 483. The van der Waals surface area contributed by atoms with Crippen molar-refractivity contribution in [3.63, 3.8) is 0 Å². The maximum atomic E-state index is 12.2. The molecule has 0 unspecified atom stereocenters. The summed E-state index contributed by atoms with van der Waals surface area (Å²) in [6, 6.07) is 0. The fourth-order valence-corrected chi connectivity index (χ4v) is 2.90. The van der Waals surface area contributed by atoms with Crippen LogP contribution in [0.5, 0.6) is 0 Å². The van der Waals surface area contributed by atoms with Gasteiger partial charge in [0.05, 0.1) is 10.7 Å². The summed E-state index contributed by atoms with van der Waals surface area (Å²) >= 11 is 1.44. The Kier molecular flexibility index (Phi) is 7.36. The van der Waals surface area contributed by atoms with Crippen LogP contribution in [-0.4, -0.2) is 28.5 Å². The van der Waals surface area contributed by atoms with Crippen LogP contribution in [-0.2, 0) is 11.2 Å². The highest BCUT2D eigenvalue weighted by Crippen LogP contribution is 2.20.